The third-order valence-electron chi connectivity index (χ3n) is 3.75. The van der Waals surface area contributed by atoms with Crippen LogP contribution in [0.3, 0.4) is 0 Å². The average Bonchev–Trinajstić information content (AvgIpc) is 2.35. The van der Waals surface area contributed by atoms with Gasteiger partial charge < -0.3 is 20.9 Å². The van der Waals surface area contributed by atoms with E-state index in [0.29, 0.717) is 0 Å². The molecule has 1 aliphatic rings. The number of piperazine rings is 1. The van der Waals surface area contributed by atoms with Crippen molar-refractivity contribution in [2.24, 2.45) is 11.7 Å². The Balaban J connectivity index is 2.06. The molecule has 18 heavy (non-hydrogen) atoms. The van der Waals surface area contributed by atoms with E-state index in [-0.39, 0.29) is 17.9 Å². The van der Waals surface area contributed by atoms with Crippen molar-refractivity contribution in [3.63, 3.8) is 0 Å². The molecule has 0 saturated carbocycles. The molecule has 1 rings (SSSR count). The Morgan fingerprint density at radius 1 is 1.28 bits per heavy atom. The SMILES string of the molecule is CC(N)C(C)C(=O)NCCCN1CCN(C)CC1. The second-order valence-electron chi connectivity index (χ2n) is 5.44. The zero-order valence-electron chi connectivity index (χ0n) is 12.0. The van der Waals surface area contributed by atoms with Crippen LogP contribution in [0.2, 0.25) is 0 Å². The molecule has 0 bridgehead atoms. The molecule has 1 fully saturated rings. The summed E-state index contributed by atoms with van der Waals surface area (Å²) in [6.45, 7) is 10.1. The Morgan fingerprint density at radius 2 is 1.89 bits per heavy atom. The minimum atomic E-state index is -0.103. The number of likely N-dealkylation sites (N-methyl/N-ethyl adjacent to an activating group) is 1. The van der Waals surface area contributed by atoms with Gasteiger partial charge in [-0.2, -0.15) is 0 Å². The lowest BCUT2D eigenvalue weighted by Gasteiger charge is -2.32. The number of nitrogens with two attached hydrogens (primary N) is 1. The highest BCUT2D eigenvalue weighted by Crippen LogP contribution is 2.01. The third kappa shape index (κ3) is 5.33. The van der Waals surface area contributed by atoms with E-state index in [4.69, 9.17) is 5.73 Å². The molecule has 0 aromatic heterocycles. The molecule has 3 N–H and O–H groups in total. The molecule has 0 aromatic rings. The quantitative estimate of drug-likeness (QED) is 0.642. The molecule has 2 unspecified atom stereocenters. The van der Waals surface area contributed by atoms with E-state index in [1.165, 1.54) is 0 Å². The largest absolute Gasteiger partial charge is 0.356 e. The van der Waals surface area contributed by atoms with E-state index in [0.717, 1.165) is 45.7 Å². The van der Waals surface area contributed by atoms with Crippen LogP contribution in [0.4, 0.5) is 0 Å². The van der Waals surface area contributed by atoms with Gasteiger partial charge in [-0.05, 0) is 26.9 Å². The number of amides is 1. The summed E-state index contributed by atoms with van der Waals surface area (Å²) < 4.78 is 0. The van der Waals surface area contributed by atoms with E-state index in [2.05, 4.69) is 22.2 Å². The first-order valence-corrected chi connectivity index (χ1v) is 6.95. The first kappa shape index (κ1) is 15.4. The lowest BCUT2D eigenvalue weighted by Crippen LogP contribution is -2.45. The highest BCUT2D eigenvalue weighted by molar-refractivity contribution is 5.78. The zero-order chi connectivity index (χ0) is 13.5. The summed E-state index contributed by atoms with van der Waals surface area (Å²) >= 11 is 0. The van der Waals surface area contributed by atoms with Crippen molar-refractivity contribution in [2.75, 3.05) is 46.3 Å². The van der Waals surface area contributed by atoms with Crippen molar-refractivity contribution in [3.05, 3.63) is 0 Å². The normalized spacial score (nSPS) is 21.6. The van der Waals surface area contributed by atoms with E-state index in [1.807, 2.05) is 13.8 Å². The first-order chi connectivity index (χ1) is 8.50. The Morgan fingerprint density at radius 3 is 2.44 bits per heavy atom. The molecule has 5 heteroatoms. The predicted octanol–water partition coefficient (Wildman–Crippen LogP) is -0.277. The van der Waals surface area contributed by atoms with Crippen molar-refractivity contribution in [2.45, 2.75) is 26.3 Å². The van der Waals surface area contributed by atoms with E-state index in [9.17, 15) is 4.79 Å². The van der Waals surface area contributed by atoms with Gasteiger partial charge in [0.05, 0.1) is 0 Å². The standard InChI is InChI=1S/C13H28N4O/c1-11(12(2)14)13(18)15-5-4-6-17-9-7-16(3)8-10-17/h11-12H,4-10,14H2,1-3H3,(H,15,18). The summed E-state index contributed by atoms with van der Waals surface area (Å²) in [5.41, 5.74) is 5.70. The molecular formula is C13H28N4O. The van der Waals surface area contributed by atoms with Gasteiger partial charge in [0, 0.05) is 44.7 Å². The summed E-state index contributed by atoms with van der Waals surface area (Å²) in [5, 5.41) is 2.96. The molecule has 2 atom stereocenters. The van der Waals surface area contributed by atoms with Gasteiger partial charge in [0.15, 0.2) is 0 Å². The summed E-state index contributed by atoms with van der Waals surface area (Å²) in [6, 6.07) is -0.0809. The number of nitrogens with one attached hydrogen (secondary N) is 1. The van der Waals surface area contributed by atoms with Gasteiger partial charge in [0.25, 0.3) is 0 Å². The minimum Gasteiger partial charge on any atom is -0.356 e. The van der Waals surface area contributed by atoms with Gasteiger partial charge in [0.1, 0.15) is 0 Å². The number of nitrogens with zero attached hydrogens (tertiary/aromatic N) is 2. The summed E-state index contributed by atoms with van der Waals surface area (Å²) in [5.74, 6) is -0.0305. The van der Waals surface area contributed by atoms with Gasteiger partial charge in [-0.3, -0.25) is 4.79 Å². The molecule has 0 aromatic carbocycles. The van der Waals surface area contributed by atoms with Gasteiger partial charge in [-0.15, -0.1) is 0 Å². The Hall–Kier alpha value is -0.650. The van der Waals surface area contributed by atoms with Crippen molar-refractivity contribution in [1.82, 2.24) is 15.1 Å². The van der Waals surface area contributed by atoms with Crippen LogP contribution in [0.5, 0.6) is 0 Å². The van der Waals surface area contributed by atoms with Crippen LogP contribution in [0.1, 0.15) is 20.3 Å². The smallest absolute Gasteiger partial charge is 0.224 e. The van der Waals surface area contributed by atoms with Crippen molar-refractivity contribution < 1.29 is 4.79 Å². The number of hydrogen-bond donors (Lipinski definition) is 2. The molecule has 1 amide bonds. The molecule has 0 spiro atoms. The number of hydrogen-bond acceptors (Lipinski definition) is 4. The summed E-state index contributed by atoms with van der Waals surface area (Å²) in [4.78, 5) is 16.5. The van der Waals surface area contributed by atoms with Crippen LogP contribution < -0.4 is 11.1 Å². The Bertz CT molecular complexity index is 249. The maximum absolute atomic E-state index is 11.7. The monoisotopic (exact) mass is 256 g/mol. The Kier molecular flexibility index (Phi) is 6.60. The molecule has 5 nitrogen and oxygen atoms in total. The summed E-state index contributed by atoms with van der Waals surface area (Å²) in [6.07, 6.45) is 1.02. The van der Waals surface area contributed by atoms with Crippen LogP contribution in [-0.2, 0) is 4.79 Å². The van der Waals surface area contributed by atoms with E-state index >= 15 is 0 Å². The fourth-order valence-electron chi connectivity index (χ4n) is 1.99. The van der Waals surface area contributed by atoms with E-state index < -0.39 is 0 Å². The topological polar surface area (TPSA) is 61.6 Å². The number of carbonyl (C=O) groups is 1. The minimum absolute atomic E-state index is 0.0726. The highest BCUT2D eigenvalue weighted by Gasteiger charge is 2.16. The third-order valence-corrected chi connectivity index (χ3v) is 3.75. The molecule has 1 aliphatic heterocycles. The van der Waals surface area contributed by atoms with Crippen LogP contribution in [0.25, 0.3) is 0 Å². The summed E-state index contributed by atoms with van der Waals surface area (Å²) in [7, 11) is 2.16. The van der Waals surface area contributed by atoms with Crippen LogP contribution in [0.15, 0.2) is 0 Å². The predicted molar refractivity (Wildman–Crippen MR) is 74.4 cm³/mol. The van der Waals surface area contributed by atoms with Crippen molar-refractivity contribution in [1.29, 1.82) is 0 Å². The average molecular weight is 256 g/mol. The second-order valence-corrected chi connectivity index (χ2v) is 5.44. The fourth-order valence-corrected chi connectivity index (χ4v) is 1.99. The molecular weight excluding hydrogens is 228 g/mol. The highest BCUT2D eigenvalue weighted by atomic mass is 16.1. The van der Waals surface area contributed by atoms with Crippen molar-refractivity contribution in [3.8, 4) is 0 Å². The van der Waals surface area contributed by atoms with E-state index in [1.54, 1.807) is 0 Å². The van der Waals surface area contributed by atoms with Crippen LogP contribution in [0, 0.1) is 5.92 Å². The first-order valence-electron chi connectivity index (χ1n) is 6.95. The number of rotatable bonds is 6. The molecule has 0 radical (unpaired) electrons. The van der Waals surface area contributed by atoms with Crippen molar-refractivity contribution >= 4 is 5.91 Å². The lowest BCUT2D eigenvalue weighted by atomic mass is 10.0. The lowest BCUT2D eigenvalue weighted by molar-refractivity contribution is -0.124. The number of carbonyl (C=O) groups excluding carboxylic acids is 1. The maximum Gasteiger partial charge on any atom is 0.224 e. The zero-order valence-corrected chi connectivity index (χ0v) is 12.0. The molecule has 1 saturated heterocycles. The maximum atomic E-state index is 11.7. The van der Waals surface area contributed by atoms with Crippen LogP contribution >= 0.6 is 0 Å². The van der Waals surface area contributed by atoms with Gasteiger partial charge in [-0.25, -0.2) is 0 Å². The van der Waals surface area contributed by atoms with Gasteiger partial charge in [-0.1, -0.05) is 6.92 Å². The molecule has 1 heterocycles. The van der Waals surface area contributed by atoms with Gasteiger partial charge >= 0.3 is 0 Å². The molecule has 0 aliphatic carbocycles. The second kappa shape index (κ2) is 7.71. The Labute approximate surface area is 111 Å². The molecule has 106 valence electrons. The fraction of sp³-hybridized carbons (Fsp3) is 0.923. The van der Waals surface area contributed by atoms with Crippen LogP contribution in [-0.4, -0.2) is 68.1 Å². The van der Waals surface area contributed by atoms with Gasteiger partial charge in [0.2, 0.25) is 5.91 Å².